The van der Waals surface area contributed by atoms with E-state index < -0.39 is 0 Å². The number of benzene rings is 2. The minimum atomic E-state index is -0.269. The van der Waals surface area contributed by atoms with Gasteiger partial charge in [-0.25, -0.2) is 0 Å². The summed E-state index contributed by atoms with van der Waals surface area (Å²) in [5.74, 6) is 0.260. The molecular formula is C23H21Cl2NO4S2. The highest BCUT2D eigenvalue weighted by atomic mass is 35.5. The number of thiocarbonyl (C=S) groups is 1. The molecule has 5 nitrogen and oxygen atoms in total. The summed E-state index contributed by atoms with van der Waals surface area (Å²) in [5, 5.41) is 1.13. The lowest BCUT2D eigenvalue weighted by Crippen LogP contribution is -2.29. The van der Waals surface area contributed by atoms with Crippen molar-refractivity contribution in [2.45, 2.75) is 26.4 Å². The van der Waals surface area contributed by atoms with Gasteiger partial charge in [0.15, 0.2) is 0 Å². The molecule has 0 spiro atoms. The molecule has 0 saturated carbocycles. The Labute approximate surface area is 206 Å². The summed E-state index contributed by atoms with van der Waals surface area (Å²) in [6, 6.07) is 12.7. The summed E-state index contributed by atoms with van der Waals surface area (Å²) in [6.07, 6.45) is 2.55. The molecule has 0 unspecified atom stereocenters. The smallest absolute Gasteiger partial charge is 0.305 e. The molecule has 1 amide bonds. The number of amides is 1. The summed E-state index contributed by atoms with van der Waals surface area (Å²) < 4.78 is 11.2. The van der Waals surface area contributed by atoms with Crippen molar-refractivity contribution in [1.29, 1.82) is 0 Å². The number of nitrogens with zero attached hydrogens (tertiary/aromatic N) is 1. The zero-order chi connectivity index (χ0) is 23.1. The second kappa shape index (κ2) is 11.7. The highest BCUT2D eigenvalue weighted by Gasteiger charge is 2.31. The molecule has 9 heteroatoms. The van der Waals surface area contributed by atoms with Crippen LogP contribution in [-0.2, 0) is 20.9 Å². The fourth-order valence-corrected chi connectivity index (χ4v) is 4.69. The van der Waals surface area contributed by atoms with Crippen LogP contribution < -0.4 is 4.74 Å². The molecule has 1 heterocycles. The van der Waals surface area contributed by atoms with E-state index in [0.29, 0.717) is 51.2 Å². The van der Waals surface area contributed by atoms with E-state index in [-0.39, 0.29) is 18.3 Å². The number of carbonyl (C=O) groups is 2. The Hall–Kier alpha value is -2.06. The zero-order valence-electron chi connectivity index (χ0n) is 17.3. The molecule has 0 N–H and O–H groups in total. The van der Waals surface area contributed by atoms with E-state index in [2.05, 4.69) is 0 Å². The predicted molar refractivity (Wildman–Crippen MR) is 133 cm³/mol. The second-order valence-corrected chi connectivity index (χ2v) is 9.35. The van der Waals surface area contributed by atoms with Crippen molar-refractivity contribution >= 4 is 69.5 Å². The van der Waals surface area contributed by atoms with Gasteiger partial charge in [0.25, 0.3) is 5.91 Å². The number of rotatable bonds is 9. The monoisotopic (exact) mass is 509 g/mol. The minimum Gasteiger partial charge on any atom is -0.489 e. The first-order valence-corrected chi connectivity index (χ1v) is 11.9. The maximum atomic E-state index is 12.7. The number of thioether (sulfide) groups is 1. The summed E-state index contributed by atoms with van der Waals surface area (Å²) in [7, 11) is 0. The molecular weight excluding hydrogens is 489 g/mol. The van der Waals surface area contributed by atoms with Crippen molar-refractivity contribution in [2.75, 3.05) is 13.2 Å². The summed E-state index contributed by atoms with van der Waals surface area (Å²) in [5.41, 5.74) is 1.70. The molecule has 168 valence electrons. The lowest BCUT2D eigenvalue weighted by molar-refractivity contribution is -0.143. The Kier molecular flexibility index (Phi) is 8.99. The van der Waals surface area contributed by atoms with E-state index in [1.165, 1.54) is 16.7 Å². The molecule has 1 fully saturated rings. The Balaban J connectivity index is 1.56. The second-order valence-electron chi connectivity index (χ2n) is 6.84. The average molecular weight is 510 g/mol. The molecule has 2 aromatic rings. The number of halogens is 2. The topological polar surface area (TPSA) is 55.8 Å². The molecule has 0 aromatic heterocycles. The number of carbonyl (C=O) groups excluding carboxylic acids is 2. The average Bonchev–Trinajstić information content (AvgIpc) is 3.02. The third-order valence-electron chi connectivity index (χ3n) is 4.53. The highest BCUT2D eigenvalue weighted by molar-refractivity contribution is 8.26. The van der Waals surface area contributed by atoms with Crippen molar-refractivity contribution in [3.05, 3.63) is 68.5 Å². The van der Waals surface area contributed by atoms with Crippen LogP contribution >= 0.6 is 47.2 Å². The van der Waals surface area contributed by atoms with Crippen LogP contribution in [0.4, 0.5) is 0 Å². The van der Waals surface area contributed by atoms with Crippen molar-refractivity contribution in [1.82, 2.24) is 4.90 Å². The fraction of sp³-hybridized carbons (Fsp3) is 0.261. The maximum Gasteiger partial charge on any atom is 0.305 e. The molecule has 1 aliphatic rings. The van der Waals surface area contributed by atoms with Gasteiger partial charge in [0.05, 0.1) is 11.5 Å². The minimum absolute atomic E-state index is 0.151. The first kappa shape index (κ1) is 24.6. The maximum absolute atomic E-state index is 12.7. The molecule has 1 aliphatic heterocycles. The van der Waals surface area contributed by atoms with Gasteiger partial charge in [-0.2, -0.15) is 0 Å². The summed E-state index contributed by atoms with van der Waals surface area (Å²) in [6.45, 7) is 2.82. The van der Waals surface area contributed by atoms with Crippen LogP contribution in [0.15, 0.2) is 47.4 Å². The number of esters is 1. The van der Waals surface area contributed by atoms with E-state index in [9.17, 15) is 9.59 Å². The van der Waals surface area contributed by atoms with E-state index in [1.807, 2.05) is 30.3 Å². The van der Waals surface area contributed by atoms with Crippen molar-refractivity contribution in [2.24, 2.45) is 0 Å². The van der Waals surface area contributed by atoms with Gasteiger partial charge in [-0.3, -0.25) is 14.5 Å². The van der Waals surface area contributed by atoms with Crippen LogP contribution in [0.3, 0.4) is 0 Å². The van der Waals surface area contributed by atoms with E-state index >= 15 is 0 Å². The van der Waals surface area contributed by atoms with Gasteiger partial charge in [0.1, 0.15) is 16.7 Å². The van der Waals surface area contributed by atoms with E-state index in [0.717, 1.165) is 11.1 Å². The third kappa shape index (κ3) is 6.72. The van der Waals surface area contributed by atoms with Crippen LogP contribution in [-0.4, -0.2) is 34.2 Å². The van der Waals surface area contributed by atoms with Gasteiger partial charge in [0.2, 0.25) is 0 Å². The quantitative estimate of drug-likeness (QED) is 0.230. The SMILES string of the molecule is CCOC(=O)CCCN1C(=O)/C(=C/c2ccc(OCc3ccc(Cl)cc3Cl)cc2)SC1=S. The summed E-state index contributed by atoms with van der Waals surface area (Å²) in [4.78, 5) is 26.2. The third-order valence-corrected chi connectivity index (χ3v) is 6.49. The molecule has 32 heavy (non-hydrogen) atoms. The van der Waals surface area contributed by atoms with Gasteiger partial charge in [-0.05, 0) is 49.2 Å². The van der Waals surface area contributed by atoms with Crippen molar-refractivity contribution < 1.29 is 19.1 Å². The standard InChI is InChI=1S/C23H21Cl2NO4S2/c1-2-29-21(27)4-3-11-26-22(28)20(32-23(26)31)12-15-5-9-18(10-6-15)30-14-16-7-8-17(24)13-19(16)25/h5-10,12-13H,2-4,11,14H2,1H3/b20-12-. The summed E-state index contributed by atoms with van der Waals surface area (Å²) >= 11 is 18.7. The van der Waals surface area contributed by atoms with E-state index in [4.69, 9.17) is 44.9 Å². The molecule has 1 saturated heterocycles. The Morgan fingerprint density at radius 3 is 2.62 bits per heavy atom. The molecule has 3 rings (SSSR count). The Bertz CT molecular complexity index is 1040. The lowest BCUT2D eigenvalue weighted by atomic mass is 10.2. The van der Waals surface area contributed by atoms with Crippen molar-refractivity contribution in [3.8, 4) is 5.75 Å². The fourth-order valence-electron chi connectivity index (χ4n) is 2.92. The first-order valence-electron chi connectivity index (χ1n) is 9.95. The largest absolute Gasteiger partial charge is 0.489 e. The van der Waals surface area contributed by atoms with Gasteiger partial charge in [0, 0.05) is 28.6 Å². The molecule has 0 aliphatic carbocycles. The van der Waals surface area contributed by atoms with Gasteiger partial charge >= 0.3 is 5.97 Å². The normalized spacial score (nSPS) is 14.8. The number of hydrogen-bond acceptors (Lipinski definition) is 6. The van der Waals surface area contributed by atoms with Crippen molar-refractivity contribution in [3.63, 3.8) is 0 Å². The Morgan fingerprint density at radius 2 is 1.94 bits per heavy atom. The Morgan fingerprint density at radius 1 is 1.19 bits per heavy atom. The van der Waals surface area contributed by atoms with Gasteiger partial charge in [-0.1, -0.05) is 65.4 Å². The number of hydrogen-bond donors (Lipinski definition) is 0. The lowest BCUT2D eigenvalue weighted by Gasteiger charge is -2.13. The first-order chi connectivity index (χ1) is 15.4. The van der Waals surface area contributed by atoms with Crippen LogP contribution in [0.25, 0.3) is 6.08 Å². The predicted octanol–water partition coefficient (Wildman–Crippen LogP) is 6.12. The van der Waals surface area contributed by atoms with Gasteiger partial charge in [-0.15, -0.1) is 0 Å². The molecule has 0 bridgehead atoms. The van der Waals surface area contributed by atoms with Crippen LogP contribution in [0, 0.1) is 0 Å². The number of ether oxygens (including phenoxy) is 2. The van der Waals surface area contributed by atoms with E-state index in [1.54, 1.807) is 25.1 Å². The molecule has 2 aromatic carbocycles. The zero-order valence-corrected chi connectivity index (χ0v) is 20.5. The van der Waals surface area contributed by atoms with Crippen LogP contribution in [0.2, 0.25) is 10.0 Å². The highest BCUT2D eigenvalue weighted by Crippen LogP contribution is 2.33. The van der Waals surface area contributed by atoms with Crippen LogP contribution in [0.5, 0.6) is 5.75 Å². The molecule has 0 atom stereocenters. The van der Waals surface area contributed by atoms with Gasteiger partial charge < -0.3 is 9.47 Å². The van der Waals surface area contributed by atoms with Crippen LogP contribution in [0.1, 0.15) is 30.9 Å². The molecule has 0 radical (unpaired) electrons.